The third-order valence-electron chi connectivity index (χ3n) is 4.07. The van der Waals surface area contributed by atoms with Crippen molar-refractivity contribution in [3.05, 3.63) is 35.9 Å². The van der Waals surface area contributed by atoms with E-state index >= 15 is 0 Å². The van der Waals surface area contributed by atoms with Crippen LogP contribution >= 0.6 is 0 Å². The van der Waals surface area contributed by atoms with E-state index in [0.29, 0.717) is 19.8 Å². The molecule has 0 amide bonds. The van der Waals surface area contributed by atoms with Crippen molar-refractivity contribution in [3.63, 3.8) is 0 Å². The number of esters is 1. The molecule has 0 N–H and O–H groups in total. The number of rotatable bonds is 3. The van der Waals surface area contributed by atoms with Crippen molar-refractivity contribution in [2.45, 2.75) is 26.2 Å². The highest BCUT2D eigenvalue weighted by Gasteiger charge is 2.58. The molecule has 0 bridgehead atoms. The van der Waals surface area contributed by atoms with Crippen molar-refractivity contribution in [2.24, 2.45) is 17.8 Å². The van der Waals surface area contributed by atoms with Crippen LogP contribution in [0.3, 0.4) is 0 Å². The summed E-state index contributed by atoms with van der Waals surface area (Å²) in [4.78, 5) is 12.1. The molecule has 1 unspecified atom stereocenters. The van der Waals surface area contributed by atoms with E-state index in [2.05, 4.69) is 0 Å². The quantitative estimate of drug-likeness (QED) is 0.795. The summed E-state index contributed by atoms with van der Waals surface area (Å²) in [7, 11) is 0. The molecule has 1 aromatic carbocycles. The zero-order chi connectivity index (χ0) is 14.2. The van der Waals surface area contributed by atoms with E-state index in [0.717, 1.165) is 5.56 Å². The third-order valence-corrected chi connectivity index (χ3v) is 4.07. The Hall–Kier alpha value is -1.39. The Morgan fingerprint density at radius 2 is 1.80 bits per heavy atom. The van der Waals surface area contributed by atoms with E-state index in [-0.39, 0.29) is 23.7 Å². The van der Waals surface area contributed by atoms with Gasteiger partial charge in [0.25, 0.3) is 0 Å². The van der Waals surface area contributed by atoms with E-state index in [9.17, 15) is 4.79 Å². The summed E-state index contributed by atoms with van der Waals surface area (Å²) >= 11 is 0. The fraction of sp³-hybridized carbons (Fsp3) is 0.562. The average Bonchev–Trinajstić information content (AvgIpc) is 3.16. The molecule has 2 fully saturated rings. The molecule has 4 heteroatoms. The summed E-state index contributed by atoms with van der Waals surface area (Å²) in [6, 6.07) is 9.72. The number of ether oxygens (including phenoxy) is 3. The lowest BCUT2D eigenvalue weighted by Gasteiger charge is -2.24. The van der Waals surface area contributed by atoms with E-state index in [1.165, 1.54) is 0 Å². The number of carbonyl (C=O) groups is 1. The number of hydrogen-bond acceptors (Lipinski definition) is 4. The molecule has 0 spiro atoms. The number of benzene rings is 1. The zero-order valence-corrected chi connectivity index (χ0v) is 11.9. The highest BCUT2D eigenvalue weighted by molar-refractivity contribution is 5.76. The van der Waals surface area contributed by atoms with Gasteiger partial charge in [0.1, 0.15) is 6.61 Å². The number of carbonyl (C=O) groups excluding carboxylic acids is 1. The minimum atomic E-state index is -0.536. The first-order valence-corrected chi connectivity index (χ1v) is 7.05. The van der Waals surface area contributed by atoms with Crippen LogP contribution in [0.15, 0.2) is 30.3 Å². The largest absolute Gasteiger partial charge is 0.461 e. The maximum absolute atomic E-state index is 12.1. The van der Waals surface area contributed by atoms with Gasteiger partial charge in [0.05, 0.1) is 19.1 Å². The van der Waals surface area contributed by atoms with Crippen LogP contribution in [-0.4, -0.2) is 25.0 Å². The molecule has 20 heavy (non-hydrogen) atoms. The second-order valence-electron chi connectivity index (χ2n) is 5.97. The first-order chi connectivity index (χ1) is 9.57. The van der Waals surface area contributed by atoms with Crippen LogP contribution in [0.1, 0.15) is 19.4 Å². The predicted octanol–water partition coefficient (Wildman–Crippen LogP) is 2.37. The van der Waals surface area contributed by atoms with Crippen molar-refractivity contribution < 1.29 is 19.0 Å². The molecule has 1 saturated heterocycles. The zero-order valence-electron chi connectivity index (χ0n) is 11.9. The van der Waals surface area contributed by atoms with Gasteiger partial charge in [-0.3, -0.25) is 4.79 Å². The molecule has 108 valence electrons. The lowest BCUT2D eigenvalue weighted by molar-refractivity contribution is -0.208. The topological polar surface area (TPSA) is 44.8 Å². The smallest absolute Gasteiger partial charge is 0.310 e. The van der Waals surface area contributed by atoms with Gasteiger partial charge >= 0.3 is 5.97 Å². The highest BCUT2D eigenvalue weighted by Crippen LogP contribution is 2.50. The van der Waals surface area contributed by atoms with Crippen molar-refractivity contribution in [2.75, 3.05) is 13.2 Å². The Kier molecular flexibility index (Phi) is 3.52. The SMILES string of the molecule is CC1(C)OC[C@@H]2C(C(=O)OCc3ccccc3)[C@@H]2CO1. The maximum Gasteiger partial charge on any atom is 0.310 e. The van der Waals surface area contributed by atoms with Gasteiger partial charge in [0.2, 0.25) is 0 Å². The molecule has 1 aliphatic carbocycles. The Labute approximate surface area is 119 Å². The summed E-state index contributed by atoms with van der Waals surface area (Å²) in [6.07, 6.45) is 0. The van der Waals surface area contributed by atoms with E-state index in [1.54, 1.807) is 0 Å². The molecular weight excluding hydrogens is 256 g/mol. The molecule has 1 saturated carbocycles. The van der Waals surface area contributed by atoms with Crippen LogP contribution in [0.5, 0.6) is 0 Å². The number of fused-ring (bicyclic) bond motifs is 1. The molecule has 0 radical (unpaired) electrons. The molecule has 3 atom stereocenters. The van der Waals surface area contributed by atoms with Crippen molar-refractivity contribution in [1.82, 2.24) is 0 Å². The Morgan fingerprint density at radius 1 is 1.20 bits per heavy atom. The number of hydrogen-bond donors (Lipinski definition) is 0. The molecule has 3 rings (SSSR count). The normalized spacial score (nSPS) is 31.0. The molecule has 1 heterocycles. The molecule has 1 aliphatic heterocycles. The van der Waals surface area contributed by atoms with Gasteiger partial charge in [-0.2, -0.15) is 0 Å². The highest BCUT2D eigenvalue weighted by atomic mass is 16.7. The van der Waals surface area contributed by atoms with Crippen molar-refractivity contribution >= 4 is 5.97 Å². The van der Waals surface area contributed by atoms with Gasteiger partial charge in [-0.15, -0.1) is 0 Å². The standard InChI is InChI=1S/C16H20O4/c1-16(2)19-9-12-13(10-20-16)14(12)15(17)18-8-11-6-4-3-5-7-11/h3-7,12-14H,8-10H2,1-2H3/t12-,13+,14?. The summed E-state index contributed by atoms with van der Waals surface area (Å²) in [6.45, 7) is 5.29. The van der Waals surface area contributed by atoms with Crippen LogP contribution in [-0.2, 0) is 25.6 Å². The molecule has 2 aliphatic rings. The molecule has 4 nitrogen and oxygen atoms in total. The second-order valence-corrected chi connectivity index (χ2v) is 5.97. The molecule has 1 aromatic rings. The Balaban J connectivity index is 1.51. The van der Waals surface area contributed by atoms with Gasteiger partial charge in [-0.1, -0.05) is 30.3 Å². The summed E-state index contributed by atoms with van der Waals surface area (Å²) in [5.41, 5.74) is 1.01. The van der Waals surface area contributed by atoms with Gasteiger partial charge in [0, 0.05) is 11.8 Å². The van der Waals surface area contributed by atoms with Crippen molar-refractivity contribution in [1.29, 1.82) is 0 Å². The first kappa shape index (κ1) is 13.6. The minimum Gasteiger partial charge on any atom is -0.461 e. The predicted molar refractivity (Wildman–Crippen MR) is 72.7 cm³/mol. The van der Waals surface area contributed by atoms with E-state index in [1.807, 2.05) is 44.2 Å². The van der Waals surface area contributed by atoms with E-state index in [4.69, 9.17) is 14.2 Å². The second kappa shape index (κ2) is 5.19. The average molecular weight is 276 g/mol. The van der Waals surface area contributed by atoms with Crippen LogP contribution in [0.4, 0.5) is 0 Å². The Morgan fingerprint density at radius 3 is 2.40 bits per heavy atom. The van der Waals surface area contributed by atoms with Crippen molar-refractivity contribution in [3.8, 4) is 0 Å². The summed E-state index contributed by atoms with van der Waals surface area (Å²) in [5.74, 6) is -0.225. The lowest BCUT2D eigenvalue weighted by Crippen LogP contribution is -2.29. The van der Waals surface area contributed by atoms with Crippen LogP contribution < -0.4 is 0 Å². The van der Waals surface area contributed by atoms with Crippen LogP contribution in [0.2, 0.25) is 0 Å². The molecular formula is C16H20O4. The third kappa shape index (κ3) is 2.86. The fourth-order valence-corrected chi connectivity index (χ4v) is 2.71. The first-order valence-electron chi connectivity index (χ1n) is 7.05. The monoisotopic (exact) mass is 276 g/mol. The molecule has 0 aromatic heterocycles. The van der Waals surface area contributed by atoms with Crippen LogP contribution in [0, 0.1) is 17.8 Å². The maximum atomic E-state index is 12.1. The van der Waals surface area contributed by atoms with Crippen LogP contribution in [0.25, 0.3) is 0 Å². The van der Waals surface area contributed by atoms with Gasteiger partial charge < -0.3 is 14.2 Å². The van der Waals surface area contributed by atoms with Gasteiger partial charge in [0.15, 0.2) is 5.79 Å². The minimum absolute atomic E-state index is 0.0604. The van der Waals surface area contributed by atoms with E-state index < -0.39 is 5.79 Å². The Bertz CT molecular complexity index is 467. The fourth-order valence-electron chi connectivity index (χ4n) is 2.71. The van der Waals surface area contributed by atoms with Gasteiger partial charge in [-0.25, -0.2) is 0 Å². The van der Waals surface area contributed by atoms with Gasteiger partial charge in [-0.05, 0) is 19.4 Å². The summed E-state index contributed by atoms with van der Waals surface area (Å²) < 4.78 is 16.7. The lowest BCUT2D eigenvalue weighted by atomic mass is 10.2. The summed E-state index contributed by atoms with van der Waals surface area (Å²) in [5, 5.41) is 0.